The number of anilines is 3. The maximum Gasteiger partial charge on any atom is 0.229 e. The summed E-state index contributed by atoms with van der Waals surface area (Å²) in [7, 11) is 0. The molecule has 2 heterocycles. The lowest BCUT2D eigenvalue weighted by atomic mass is 10.2. The predicted octanol–water partition coefficient (Wildman–Crippen LogP) is 3.77. The van der Waals surface area contributed by atoms with Crippen LogP contribution < -0.4 is 21.5 Å². The molecule has 128 valence electrons. The molecule has 2 aliphatic rings. The van der Waals surface area contributed by atoms with Crippen molar-refractivity contribution >= 4 is 43.6 Å². The topological polar surface area (TPSA) is 73.9 Å². The van der Waals surface area contributed by atoms with E-state index in [1.54, 1.807) is 6.20 Å². The van der Waals surface area contributed by atoms with Crippen LogP contribution in [0.5, 0.6) is 0 Å². The van der Waals surface area contributed by atoms with E-state index in [1.807, 2.05) is 30.3 Å². The predicted molar refractivity (Wildman–Crippen MR) is 109 cm³/mol. The summed E-state index contributed by atoms with van der Waals surface area (Å²) < 4.78 is 1.02. The standard InChI is InChI=1S/C18H19IN6/c1-11(19)12-4-6-14(7-5-12)21-18-20-9-8-16(23-18)22-17-10-15(24-25-17)13-2-3-13/h4-10,13,15,24-25H,1-3H2,(H2,20,21,22,23). The molecule has 25 heavy (non-hydrogen) atoms. The highest BCUT2D eigenvalue weighted by atomic mass is 127. The molecule has 0 bridgehead atoms. The maximum absolute atomic E-state index is 4.51. The Hall–Kier alpha value is -2.13. The number of nitrogens with one attached hydrogen (secondary N) is 4. The van der Waals surface area contributed by atoms with Crippen LogP contribution >= 0.6 is 22.6 Å². The van der Waals surface area contributed by atoms with E-state index in [4.69, 9.17) is 0 Å². The Labute approximate surface area is 160 Å². The number of benzene rings is 1. The van der Waals surface area contributed by atoms with Gasteiger partial charge in [-0.25, -0.2) is 10.4 Å². The van der Waals surface area contributed by atoms with Gasteiger partial charge in [-0.3, -0.25) is 0 Å². The van der Waals surface area contributed by atoms with E-state index in [9.17, 15) is 0 Å². The van der Waals surface area contributed by atoms with Crippen molar-refractivity contribution in [1.82, 2.24) is 20.8 Å². The van der Waals surface area contributed by atoms with Crippen molar-refractivity contribution in [2.45, 2.75) is 18.9 Å². The summed E-state index contributed by atoms with van der Waals surface area (Å²) in [5, 5.41) is 6.51. The summed E-state index contributed by atoms with van der Waals surface area (Å²) in [6, 6.07) is 10.3. The molecule has 1 unspecified atom stereocenters. The van der Waals surface area contributed by atoms with E-state index >= 15 is 0 Å². The van der Waals surface area contributed by atoms with Crippen LogP contribution in [0.1, 0.15) is 18.4 Å². The van der Waals surface area contributed by atoms with E-state index in [1.165, 1.54) is 12.8 Å². The van der Waals surface area contributed by atoms with Gasteiger partial charge in [0, 0.05) is 15.5 Å². The largest absolute Gasteiger partial charge is 0.326 e. The van der Waals surface area contributed by atoms with Gasteiger partial charge in [-0.15, -0.1) is 0 Å². The van der Waals surface area contributed by atoms with E-state index in [0.717, 1.165) is 32.4 Å². The summed E-state index contributed by atoms with van der Waals surface area (Å²) >= 11 is 2.22. The van der Waals surface area contributed by atoms with Crippen molar-refractivity contribution in [1.29, 1.82) is 0 Å². The molecule has 4 N–H and O–H groups in total. The number of hydrazine groups is 1. The first-order valence-electron chi connectivity index (χ1n) is 8.23. The van der Waals surface area contributed by atoms with Gasteiger partial charge in [-0.2, -0.15) is 4.98 Å². The molecule has 1 aliphatic carbocycles. The van der Waals surface area contributed by atoms with Gasteiger partial charge in [0.05, 0.1) is 6.04 Å². The zero-order chi connectivity index (χ0) is 17.2. The molecule has 1 fully saturated rings. The third kappa shape index (κ3) is 4.10. The van der Waals surface area contributed by atoms with Crippen molar-refractivity contribution in [2.75, 3.05) is 10.6 Å². The van der Waals surface area contributed by atoms with Gasteiger partial charge >= 0.3 is 0 Å². The minimum absolute atomic E-state index is 0.410. The summed E-state index contributed by atoms with van der Waals surface area (Å²) in [4.78, 5) is 8.80. The second-order valence-electron chi connectivity index (χ2n) is 6.21. The third-order valence-electron chi connectivity index (χ3n) is 4.22. The average molecular weight is 446 g/mol. The van der Waals surface area contributed by atoms with E-state index in [2.05, 4.69) is 66.7 Å². The van der Waals surface area contributed by atoms with Crippen molar-refractivity contribution in [3.05, 3.63) is 60.6 Å². The lowest BCUT2D eigenvalue weighted by Gasteiger charge is -2.10. The van der Waals surface area contributed by atoms with Gasteiger partial charge in [0.15, 0.2) is 0 Å². The summed E-state index contributed by atoms with van der Waals surface area (Å²) in [6.45, 7) is 3.94. The van der Waals surface area contributed by atoms with Crippen molar-refractivity contribution in [3.63, 3.8) is 0 Å². The third-order valence-corrected chi connectivity index (χ3v) is 4.85. The van der Waals surface area contributed by atoms with Crippen LogP contribution in [0.25, 0.3) is 3.58 Å². The highest BCUT2D eigenvalue weighted by Gasteiger charge is 2.32. The first kappa shape index (κ1) is 16.3. The highest BCUT2D eigenvalue weighted by Crippen LogP contribution is 2.34. The summed E-state index contributed by atoms with van der Waals surface area (Å²) in [5.74, 6) is 2.99. The Kier molecular flexibility index (Phi) is 4.58. The molecule has 1 aliphatic heterocycles. The minimum atomic E-state index is 0.410. The number of hydrogen-bond donors (Lipinski definition) is 4. The van der Waals surface area contributed by atoms with Gasteiger partial charge in [-0.05, 0) is 71.2 Å². The van der Waals surface area contributed by atoms with Crippen LogP contribution in [0.3, 0.4) is 0 Å². The van der Waals surface area contributed by atoms with Gasteiger partial charge in [0.1, 0.15) is 11.6 Å². The summed E-state index contributed by atoms with van der Waals surface area (Å²) in [6.07, 6.45) is 6.52. The molecule has 0 saturated heterocycles. The van der Waals surface area contributed by atoms with Crippen molar-refractivity contribution in [2.24, 2.45) is 5.92 Å². The monoisotopic (exact) mass is 446 g/mol. The molecule has 7 heteroatoms. The first-order chi connectivity index (χ1) is 12.2. The molecule has 0 amide bonds. The van der Waals surface area contributed by atoms with Crippen LogP contribution in [0.15, 0.2) is 55.0 Å². The maximum atomic E-state index is 4.51. The number of halogens is 1. The highest BCUT2D eigenvalue weighted by molar-refractivity contribution is 14.1. The average Bonchev–Trinajstić information content (AvgIpc) is 3.36. The first-order valence-corrected chi connectivity index (χ1v) is 9.30. The van der Waals surface area contributed by atoms with E-state index in [-0.39, 0.29) is 0 Å². The van der Waals surface area contributed by atoms with E-state index < -0.39 is 0 Å². The van der Waals surface area contributed by atoms with Gasteiger partial charge in [-0.1, -0.05) is 18.7 Å². The summed E-state index contributed by atoms with van der Waals surface area (Å²) in [5.41, 5.74) is 8.51. The quantitative estimate of drug-likeness (QED) is 0.507. The van der Waals surface area contributed by atoms with E-state index in [0.29, 0.717) is 12.0 Å². The van der Waals surface area contributed by atoms with Gasteiger partial charge in [0.2, 0.25) is 5.95 Å². The van der Waals surface area contributed by atoms with Crippen LogP contribution in [0.2, 0.25) is 0 Å². The fourth-order valence-corrected chi connectivity index (χ4v) is 3.06. The molecule has 1 saturated carbocycles. The Morgan fingerprint density at radius 3 is 2.68 bits per heavy atom. The van der Waals surface area contributed by atoms with Crippen molar-refractivity contribution in [3.8, 4) is 0 Å². The second kappa shape index (κ2) is 7.01. The normalized spacial score (nSPS) is 19.1. The molecule has 0 radical (unpaired) electrons. The number of rotatable bonds is 6. The smallest absolute Gasteiger partial charge is 0.229 e. The number of nitrogens with zero attached hydrogens (tertiary/aromatic N) is 2. The van der Waals surface area contributed by atoms with Crippen LogP contribution in [-0.2, 0) is 0 Å². The Morgan fingerprint density at radius 2 is 1.96 bits per heavy atom. The SMILES string of the molecule is C=C(I)c1ccc(Nc2nccc(NC3=CC(C4CC4)NN3)n2)cc1. The molecule has 4 rings (SSSR count). The van der Waals surface area contributed by atoms with Crippen LogP contribution in [0.4, 0.5) is 17.5 Å². The fourth-order valence-electron chi connectivity index (χ4n) is 2.70. The molecular weight excluding hydrogens is 427 g/mol. The van der Waals surface area contributed by atoms with Crippen LogP contribution in [-0.4, -0.2) is 16.0 Å². The Balaban J connectivity index is 1.42. The van der Waals surface area contributed by atoms with Gasteiger partial charge < -0.3 is 16.1 Å². The molecule has 6 nitrogen and oxygen atoms in total. The zero-order valence-electron chi connectivity index (χ0n) is 13.6. The van der Waals surface area contributed by atoms with Crippen LogP contribution in [0, 0.1) is 5.92 Å². The number of hydrogen-bond acceptors (Lipinski definition) is 6. The second-order valence-corrected chi connectivity index (χ2v) is 7.51. The molecule has 1 aromatic heterocycles. The Bertz CT molecular complexity index is 813. The van der Waals surface area contributed by atoms with Gasteiger partial charge in [0.25, 0.3) is 0 Å². The molecule has 0 spiro atoms. The lowest BCUT2D eigenvalue weighted by Crippen LogP contribution is -2.34. The molecule has 1 atom stereocenters. The number of aromatic nitrogens is 2. The molecular formula is C18H19IN6. The molecule has 2 aromatic rings. The fraction of sp³-hybridized carbons (Fsp3) is 0.222. The lowest BCUT2D eigenvalue weighted by molar-refractivity contribution is 0.530. The minimum Gasteiger partial charge on any atom is -0.326 e. The van der Waals surface area contributed by atoms with Crippen molar-refractivity contribution < 1.29 is 0 Å². The Morgan fingerprint density at radius 1 is 1.16 bits per heavy atom. The molecule has 1 aromatic carbocycles. The zero-order valence-corrected chi connectivity index (χ0v) is 15.7.